The van der Waals surface area contributed by atoms with Crippen LogP contribution in [0.2, 0.25) is 5.02 Å². The molecule has 0 N–H and O–H groups in total. The van der Waals surface area contributed by atoms with Gasteiger partial charge in [-0.1, -0.05) is 11.6 Å². The number of rotatable bonds is 8. The van der Waals surface area contributed by atoms with Gasteiger partial charge in [0.15, 0.2) is 6.10 Å². The van der Waals surface area contributed by atoms with Crippen molar-refractivity contribution >= 4 is 23.2 Å². The van der Waals surface area contributed by atoms with Gasteiger partial charge in [-0.05, 0) is 62.4 Å². The Kier molecular flexibility index (Phi) is 7.31. The molecule has 2 aromatic carbocycles. The molecule has 2 rings (SSSR count). The highest BCUT2D eigenvalue weighted by Crippen LogP contribution is 2.22. The third-order valence-corrected chi connectivity index (χ3v) is 3.90. The van der Waals surface area contributed by atoms with Gasteiger partial charge in [0.05, 0.1) is 19.1 Å². The summed E-state index contributed by atoms with van der Waals surface area (Å²) in [6, 6.07) is 16.1. The second-order valence-corrected chi connectivity index (χ2v) is 5.98. The van der Waals surface area contributed by atoms with Crippen LogP contribution in [0.5, 0.6) is 11.5 Å². The number of carbonyl (C=O) groups excluding carboxylic acids is 1. The van der Waals surface area contributed by atoms with E-state index in [0.717, 1.165) is 5.75 Å². The normalized spacial score (nSPS) is 11.3. The van der Waals surface area contributed by atoms with Gasteiger partial charge in [-0.3, -0.25) is 4.79 Å². The molecule has 1 unspecified atom stereocenters. The SMILES string of the molecule is CCOc1ccc(N(CCC#N)C(=O)C(C)Oc2ccc(Cl)cc2)cc1. The minimum Gasteiger partial charge on any atom is -0.494 e. The summed E-state index contributed by atoms with van der Waals surface area (Å²) in [6.45, 7) is 4.46. The molecule has 0 heterocycles. The Balaban J connectivity index is 2.14. The molecule has 0 bridgehead atoms. The summed E-state index contributed by atoms with van der Waals surface area (Å²) in [5.74, 6) is 1.07. The Bertz CT molecular complexity index is 754. The van der Waals surface area contributed by atoms with Crippen LogP contribution in [0, 0.1) is 11.3 Å². The fourth-order valence-corrected chi connectivity index (χ4v) is 2.53. The van der Waals surface area contributed by atoms with Crippen LogP contribution < -0.4 is 14.4 Å². The summed E-state index contributed by atoms with van der Waals surface area (Å²) in [6.07, 6.45) is -0.478. The molecule has 0 aromatic heterocycles. The van der Waals surface area contributed by atoms with Crippen LogP contribution in [0.15, 0.2) is 48.5 Å². The summed E-state index contributed by atoms with van der Waals surface area (Å²) in [7, 11) is 0. The number of benzene rings is 2. The summed E-state index contributed by atoms with van der Waals surface area (Å²) in [5, 5.41) is 9.50. The highest BCUT2D eigenvalue weighted by atomic mass is 35.5. The van der Waals surface area contributed by atoms with Crippen LogP contribution in [-0.4, -0.2) is 25.2 Å². The first-order valence-electron chi connectivity index (χ1n) is 8.38. The summed E-state index contributed by atoms with van der Waals surface area (Å²) >= 11 is 5.86. The Morgan fingerprint density at radius 2 is 1.77 bits per heavy atom. The number of amides is 1. The maximum Gasteiger partial charge on any atom is 0.267 e. The number of nitriles is 1. The number of carbonyl (C=O) groups is 1. The zero-order valence-corrected chi connectivity index (χ0v) is 15.6. The molecule has 1 amide bonds. The Labute approximate surface area is 158 Å². The predicted molar refractivity (Wildman–Crippen MR) is 102 cm³/mol. The van der Waals surface area contributed by atoms with E-state index in [1.165, 1.54) is 0 Å². The standard InChI is InChI=1S/C20H21ClN2O3/c1-3-25-18-11-7-17(8-12-18)23(14-4-13-22)20(24)15(2)26-19-9-5-16(21)6-10-19/h5-12,15H,3-4,14H2,1-2H3. The molecule has 1 atom stereocenters. The molecule has 0 fully saturated rings. The third-order valence-electron chi connectivity index (χ3n) is 3.65. The van der Waals surface area contributed by atoms with Crippen molar-refractivity contribution in [2.75, 3.05) is 18.1 Å². The van der Waals surface area contributed by atoms with Crippen molar-refractivity contribution in [3.05, 3.63) is 53.6 Å². The number of anilines is 1. The lowest BCUT2D eigenvalue weighted by atomic mass is 10.2. The molecule has 0 saturated carbocycles. The number of hydrogen-bond donors (Lipinski definition) is 0. The van der Waals surface area contributed by atoms with Crippen molar-refractivity contribution in [1.29, 1.82) is 5.26 Å². The molecule has 0 aliphatic heterocycles. The van der Waals surface area contributed by atoms with Gasteiger partial charge >= 0.3 is 0 Å². The molecule has 0 spiro atoms. The Hall–Kier alpha value is -2.71. The summed E-state index contributed by atoms with van der Waals surface area (Å²) in [4.78, 5) is 14.4. The first-order valence-corrected chi connectivity index (χ1v) is 8.76. The van der Waals surface area contributed by atoms with Crippen molar-refractivity contribution in [1.82, 2.24) is 0 Å². The van der Waals surface area contributed by atoms with Gasteiger partial charge in [0, 0.05) is 17.3 Å². The molecule has 6 heteroatoms. The fourth-order valence-electron chi connectivity index (χ4n) is 2.40. The number of hydrogen-bond acceptors (Lipinski definition) is 4. The zero-order chi connectivity index (χ0) is 18.9. The minimum absolute atomic E-state index is 0.223. The summed E-state index contributed by atoms with van der Waals surface area (Å²) in [5.41, 5.74) is 0.695. The van der Waals surface area contributed by atoms with Crippen LogP contribution in [-0.2, 0) is 4.79 Å². The fraction of sp³-hybridized carbons (Fsp3) is 0.300. The van der Waals surface area contributed by atoms with Crippen molar-refractivity contribution in [2.45, 2.75) is 26.4 Å². The van der Waals surface area contributed by atoms with Crippen molar-refractivity contribution in [3.8, 4) is 17.6 Å². The molecule has 2 aromatic rings. The maximum absolute atomic E-state index is 12.9. The van der Waals surface area contributed by atoms with Gasteiger partial charge in [-0.25, -0.2) is 0 Å². The maximum atomic E-state index is 12.9. The molecule has 26 heavy (non-hydrogen) atoms. The first kappa shape index (κ1) is 19.6. The van der Waals surface area contributed by atoms with Crippen LogP contribution >= 0.6 is 11.6 Å². The molecule has 0 aliphatic rings. The van der Waals surface area contributed by atoms with Gasteiger partial charge in [0.2, 0.25) is 0 Å². The van der Waals surface area contributed by atoms with Gasteiger partial charge in [-0.15, -0.1) is 0 Å². The average molecular weight is 373 g/mol. The lowest BCUT2D eigenvalue weighted by Crippen LogP contribution is -2.41. The smallest absolute Gasteiger partial charge is 0.267 e. The monoisotopic (exact) mass is 372 g/mol. The van der Waals surface area contributed by atoms with E-state index in [1.54, 1.807) is 60.4 Å². The van der Waals surface area contributed by atoms with Crippen molar-refractivity contribution in [3.63, 3.8) is 0 Å². The van der Waals surface area contributed by atoms with Gasteiger partial charge in [0.25, 0.3) is 5.91 Å². The molecular formula is C20H21ClN2O3. The third kappa shape index (κ3) is 5.40. The van der Waals surface area contributed by atoms with E-state index >= 15 is 0 Å². The van der Waals surface area contributed by atoms with Gasteiger partial charge in [0.1, 0.15) is 11.5 Å². The van der Waals surface area contributed by atoms with E-state index in [1.807, 2.05) is 6.92 Å². The van der Waals surface area contributed by atoms with Crippen LogP contribution in [0.4, 0.5) is 5.69 Å². The second-order valence-electron chi connectivity index (χ2n) is 5.54. The van der Waals surface area contributed by atoms with E-state index in [0.29, 0.717) is 23.1 Å². The van der Waals surface area contributed by atoms with Crippen LogP contribution in [0.1, 0.15) is 20.3 Å². The second kappa shape index (κ2) is 9.69. The Morgan fingerprint density at radius 3 is 2.35 bits per heavy atom. The quantitative estimate of drug-likeness (QED) is 0.686. The van der Waals surface area contributed by atoms with E-state index in [2.05, 4.69) is 6.07 Å². The summed E-state index contributed by atoms with van der Waals surface area (Å²) < 4.78 is 11.1. The van der Waals surface area contributed by atoms with Crippen LogP contribution in [0.3, 0.4) is 0 Å². The van der Waals surface area contributed by atoms with E-state index in [-0.39, 0.29) is 18.9 Å². The van der Waals surface area contributed by atoms with Gasteiger partial charge < -0.3 is 14.4 Å². The van der Waals surface area contributed by atoms with Gasteiger partial charge in [-0.2, -0.15) is 5.26 Å². The topological polar surface area (TPSA) is 62.6 Å². The predicted octanol–water partition coefficient (Wildman–Crippen LogP) is 4.45. The molecular weight excluding hydrogens is 352 g/mol. The van der Waals surface area contributed by atoms with Crippen molar-refractivity contribution in [2.24, 2.45) is 0 Å². The molecule has 0 radical (unpaired) electrons. The molecule has 0 aliphatic carbocycles. The minimum atomic E-state index is -0.707. The van der Waals surface area contributed by atoms with Crippen LogP contribution in [0.25, 0.3) is 0 Å². The highest BCUT2D eigenvalue weighted by Gasteiger charge is 2.23. The van der Waals surface area contributed by atoms with Crippen molar-refractivity contribution < 1.29 is 14.3 Å². The lowest BCUT2D eigenvalue weighted by molar-refractivity contribution is -0.124. The molecule has 5 nitrogen and oxygen atoms in total. The average Bonchev–Trinajstić information content (AvgIpc) is 2.65. The molecule has 0 saturated heterocycles. The zero-order valence-electron chi connectivity index (χ0n) is 14.8. The number of nitrogens with zero attached hydrogens (tertiary/aromatic N) is 2. The largest absolute Gasteiger partial charge is 0.494 e. The Morgan fingerprint density at radius 1 is 1.15 bits per heavy atom. The molecule has 136 valence electrons. The number of ether oxygens (including phenoxy) is 2. The first-order chi connectivity index (χ1) is 12.5. The van der Waals surface area contributed by atoms with E-state index in [4.69, 9.17) is 26.3 Å². The van der Waals surface area contributed by atoms with E-state index < -0.39 is 6.10 Å². The lowest BCUT2D eigenvalue weighted by Gasteiger charge is -2.25. The van der Waals surface area contributed by atoms with E-state index in [9.17, 15) is 4.79 Å². The highest BCUT2D eigenvalue weighted by molar-refractivity contribution is 6.30. The number of halogens is 1.